The van der Waals surface area contributed by atoms with Gasteiger partial charge in [0.25, 0.3) is 0 Å². The fourth-order valence-corrected chi connectivity index (χ4v) is 6.40. The summed E-state index contributed by atoms with van der Waals surface area (Å²) in [6.45, 7) is 0. The van der Waals surface area contributed by atoms with Crippen molar-refractivity contribution in [3.05, 3.63) is 0 Å². The molecular formula is C26H53Cl3SSi. The van der Waals surface area contributed by atoms with Gasteiger partial charge in [-0.05, 0) is 18.2 Å². The van der Waals surface area contributed by atoms with Crippen LogP contribution in [0.2, 0.25) is 6.04 Å². The molecule has 188 valence electrons. The van der Waals surface area contributed by atoms with Crippen molar-refractivity contribution in [1.29, 1.82) is 0 Å². The van der Waals surface area contributed by atoms with Crippen molar-refractivity contribution in [2.24, 2.45) is 0 Å². The average Bonchev–Trinajstić information content (AvgIpc) is 2.73. The van der Waals surface area contributed by atoms with Crippen molar-refractivity contribution in [2.45, 2.75) is 160 Å². The highest BCUT2D eigenvalue weighted by Crippen LogP contribution is 2.27. The van der Waals surface area contributed by atoms with E-state index in [1.54, 1.807) is 0 Å². The van der Waals surface area contributed by atoms with Gasteiger partial charge in [0, 0.05) is 0 Å². The zero-order valence-electron chi connectivity index (χ0n) is 20.5. The normalized spacial score (nSPS) is 12.0. The smallest absolute Gasteiger partial charge is 0.179 e. The van der Waals surface area contributed by atoms with E-state index in [9.17, 15) is 0 Å². The van der Waals surface area contributed by atoms with E-state index in [4.69, 9.17) is 33.2 Å². The molecule has 5 heteroatoms. The van der Waals surface area contributed by atoms with Gasteiger partial charge in [0.2, 0.25) is 0 Å². The molecule has 0 saturated heterocycles. The number of hydrogen-bond acceptors (Lipinski definition) is 1. The van der Waals surface area contributed by atoms with Crippen molar-refractivity contribution in [2.75, 3.05) is 5.75 Å². The third kappa shape index (κ3) is 31.4. The molecule has 0 atom stereocenters. The van der Waals surface area contributed by atoms with E-state index in [1.165, 1.54) is 148 Å². The zero-order valence-corrected chi connectivity index (χ0v) is 24.6. The first-order chi connectivity index (χ1) is 15.1. The highest BCUT2D eigenvalue weighted by molar-refractivity contribution is 7.80. The Kier molecular flexibility index (Phi) is 27.3. The molecule has 0 heterocycles. The van der Waals surface area contributed by atoms with Gasteiger partial charge in [-0.3, -0.25) is 0 Å². The SMILES string of the molecule is SCCCCCCCCCCCCCCCCCCCCCCCCCC[Si](Cl)(Cl)Cl. The molecule has 0 aromatic rings. The van der Waals surface area contributed by atoms with Gasteiger partial charge in [-0.15, -0.1) is 33.2 Å². The molecule has 0 aromatic carbocycles. The summed E-state index contributed by atoms with van der Waals surface area (Å²) >= 11 is 22.0. The van der Waals surface area contributed by atoms with Crippen LogP contribution < -0.4 is 0 Å². The Bertz CT molecular complexity index is 337. The lowest BCUT2D eigenvalue weighted by molar-refractivity contribution is 0.518. The van der Waals surface area contributed by atoms with Crippen molar-refractivity contribution in [3.8, 4) is 0 Å². The molecule has 0 aliphatic carbocycles. The van der Waals surface area contributed by atoms with Crippen LogP contribution in [0.15, 0.2) is 0 Å². The largest absolute Gasteiger partial charge is 0.341 e. The Hall–Kier alpha value is 1.44. The third-order valence-corrected chi connectivity index (χ3v) is 9.31. The van der Waals surface area contributed by atoms with Crippen molar-refractivity contribution in [1.82, 2.24) is 0 Å². The summed E-state index contributed by atoms with van der Waals surface area (Å²) in [7, 11) is 0. The number of rotatable bonds is 26. The number of unbranched alkanes of at least 4 members (excludes halogenated alkanes) is 23. The van der Waals surface area contributed by atoms with Gasteiger partial charge in [-0.1, -0.05) is 148 Å². The molecule has 0 fully saturated rings. The standard InChI is InChI=1S/C26H53Cl3SSi/c27-31(28,29)26-24-22-20-18-16-14-12-10-8-6-4-2-1-3-5-7-9-11-13-15-17-19-21-23-25-30/h30H,1-26H2. The molecule has 0 aliphatic heterocycles. The van der Waals surface area contributed by atoms with E-state index in [-0.39, 0.29) is 0 Å². The number of hydrogen-bond donors (Lipinski definition) is 1. The summed E-state index contributed by atoms with van der Waals surface area (Å²) in [5.74, 6) is 1.06. The second kappa shape index (κ2) is 26.0. The quantitative estimate of drug-likeness (QED) is 0.0487. The molecule has 0 saturated carbocycles. The summed E-state index contributed by atoms with van der Waals surface area (Å²) in [5.41, 5.74) is 0. The Morgan fingerprint density at radius 2 is 0.516 bits per heavy atom. The summed E-state index contributed by atoms with van der Waals surface area (Å²) in [5, 5.41) is 0. The fraction of sp³-hybridized carbons (Fsp3) is 1.00. The average molecular weight is 532 g/mol. The number of halogens is 3. The predicted molar refractivity (Wildman–Crippen MR) is 153 cm³/mol. The van der Waals surface area contributed by atoms with Gasteiger partial charge in [-0.2, -0.15) is 12.6 Å². The van der Waals surface area contributed by atoms with Crippen LogP contribution in [0.1, 0.15) is 154 Å². The fourth-order valence-electron chi connectivity index (χ4n) is 4.33. The van der Waals surface area contributed by atoms with Gasteiger partial charge in [0.05, 0.1) is 0 Å². The van der Waals surface area contributed by atoms with Gasteiger partial charge in [-0.25, -0.2) is 0 Å². The van der Waals surface area contributed by atoms with E-state index in [1.807, 2.05) is 0 Å². The first-order valence-electron chi connectivity index (χ1n) is 13.7. The Labute approximate surface area is 216 Å². The summed E-state index contributed by atoms with van der Waals surface area (Å²) in [6.07, 6.45) is 33.7. The van der Waals surface area contributed by atoms with Crippen LogP contribution in [-0.4, -0.2) is 11.8 Å². The minimum atomic E-state index is -2.36. The summed E-state index contributed by atoms with van der Waals surface area (Å²) < 4.78 is 0. The van der Waals surface area contributed by atoms with Crippen molar-refractivity contribution in [3.63, 3.8) is 0 Å². The third-order valence-electron chi connectivity index (χ3n) is 6.37. The minimum absolute atomic E-state index is 0.829. The molecule has 0 rings (SSSR count). The van der Waals surface area contributed by atoms with E-state index in [0.717, 1.165) is 18.2 Å². The van der Waals surface area contributed by atoms with Crippen LogP contribution in [0.3, 0.4) is 0 Å². The van der Waals surface area contributed by atoms with E-state index >= 15 is 0 Å². The lowest BCUT2D eigenvalue weighted by Gasteiger charge is -2.07. The molecule has 0 aliphatic rings. The van der Waals surface area contributed by atoms with Gasteiger partial charge in [0.1, 0.15) is 0 Å². The molecule has 0 nitrogen and oxygen atoms in total. The molecule has 0 radical (unpaired) electrons. The number of thiol groups is 1. The molecule has 0 aromatic heterocycles. The first kappa shape index (κ1) is 32.4. The molecule has 0 bridgehead atoms. The highest BCUT2D eigenvalue weighted by atomic mass is 35.8. The second-order valence-corrected chi connectivity index (χ2v) is 19.3. The Morgan fingerprint density at radius 3 is 0.710 bits per heavy atom. The predicted octanol–water partition coefficient (Wildman–Crippen LogP) is 11.9. The maximum Gasteiger partial charge on any atom is 0.341 e. The Morgan fingerprint density at radius 1 is 0.323 bits per heavy atom. The second-order valence-electron chi connectivity index (χ2n) is 9.57. The minimum Gasteiger partial charge on any atom is -0.179 e. The van der Waals surface area contributed by atoms with Crippen LogP contribution in [-0.2, 0) is 0 Å². The van der Waals surface area contributed by atoms with Gasteiger partial charge < -0.3 is 0 Å². The lowest BCUT2D eigenvalue weighted by atomic mass is 10.0. The van der Waals surface area contributed by atoms with Crippen LogP contribution >= 0.6 is 45.9 Å². The summed E-state index contributed by atoms with van der Waals surface area (Å²) in [6, 6.07) is -1.53. The van der Waals surface area contributed by atoms with E-state index < -0.39 is 6.00 Å². The maximum atomic E-state index is 5.91. The van der Waals surface area contributed by atoms with Crippen molar-refractivity contribution >= 4 is 51.9 Å². The summed E-state index contributed by atoms with van der Waals surface area (Å²) in [4.78, 5) is 0. The molecule has 0 unspecified atom stereocenters. The highest BCUT2D eigenvalue weighted by Gasteiger charge is 2.23. The maximum absolute atomic E-state index is 5.91. The van der Waals surface area contributed by atoms with Crippen molar-refractivity contribution < 1.29 is 0 Å². The first-order valence-corrected chi connectivity index (χ1v) is 19.6. The lowest BCUT2D eigenvalue weighted by Crippen LogP contribution is -2.07. The molecular weight excluding hydrogens is 479 g/mol. The molecule has 31 heavy (non-hydrogen) atoms. The van der Waals surface area contributed by atoms with Crippen LogP contribution in [0.5, 0.6) is 0 Å². The monoisotopic (exact) mass is 530 g/mol. The van der Waals surface area contributed by atoms with E-state index in [0.29, 0.717) is 0 Å². The van der Waals surface area contributed by atoms with Gasteiger partial charge >= 0.3 is 6.00 Å². The van der Waals surface area contributed by atoms with Crippen LogP contribution in [0.25, 0.3) is 0 Å². The zero-order chi connectivity index (χ0) is 22.9. The van der Waals surface area contributed by atoms with Crippen LogP contribution in [0.4, 0.5) is 0 Å². The molecule has 0 spiro atoms. The van der Waals surface area contributed by atoms with E-state index in [2.05, 4.69) is 12.6 Å². The Balaban J connectivity index is 3.02. The topological polar surface area (TPSA) is 0 Å². The molecule has 0 amide bonds. The van der Waals surface area contributed by atoms with Crippen LogP contribution in [0, 0.1) is 0 Å². The van der Waals surface area contributed by atoms with Gasteiger partial charge in [0.15, 0.2) is 0 Å². The molecule has 0 N–H and O–H groups in total.